The molecule has 0 saturated heterocycles. The molecule has 0 spiro atoms. The number of para-hydroxylation sites is 2. The summed E-state index contributed by atoms with van der Waals surface area (Å²) in [4.78, 5) is 35.1. The van der Waals surface area contributed by atoms with Gasteiger partial charge in [0.2, 0.25) is 11.8 Å². The van der Waals surface area contributed by atoms with E-state index < -0.39 is 0 Å². The summed E-state index contributed by atoms with van der Waals surface area (Å²) in [7, 11) is 1.62. The van der Waals surface area contributed by atoms with Crippen molar-refractivity contribution in [3.63, 3.8) is 0 Å². The second kappa shape index (κ2) is 5.95. The fraction of sp³-hybridized carbons (Fsp3) is 0.308. The molecular formula is C13H16N2O3. The highest BCUT2D eigenvalue weighted by Crippen LogP contribution is 2.24. The van der Waals surface area contributed by atoms with E-state index in [-0.39, 0.29) is 24.0 Å². The fourth-order valence-electron chi connectivity index (χ4n) is 1.46. The van der Waals surface area contributed by atoms with Crippen LogP contribution in [0.3, 0.4) is 0 Å². The molecular weight excluding hydrogens is 232 g/mol. The topological polar surface area (TPSA) is 66.5 Å². The van der Waals surface area contributed by atoms with Crippen LogP contribution < -0.4 is 10.2 Å². The van der Waals surface area contributed by atoms with Crippen molar-refractivity contribution in [2.45, 2.75) is 20.3 Å². The molecule has 1 rings (SSSR count). The first-order valence-corrected chi connectivity index (χ1v) is 5.54. The van der Waals surface area contributed by atoms with E-state index in [4.69, 9.17) is 0 Å². The highest BCUT2D eigenvalue weighted by molar-refractivity contribution is 6.06. The van der Waals surface area contributed by atoms with Crippen molar-refractivity contribution in [3.8, 4) is 0 Å². The Morgan fingerprint density at radius 1 is 1.17 bits per heavy atom. The number of ketones is 1. The average molecular weight is 248 g/mol. The third kappa shape index (κ3) is 3.69. The molecule has 1 N–H and O–H groups in total. The van der Waals surface area contributed by atoms with Gasteiger partial charge in [0.15, 0.2) is 0 Å². The van der Waals surface area contributed by atoms with Gasteiger partial charge in [0.25, 0.3) is 0 Å². The smallest absolute Gasteiger partial charge is 0.231 e. The van der Waals surface area contributed by atoms with Crippen LogP contribution in [0.2, 0.25) is 0 Å². The van der Waals surface area contributed by atoms with Gasteiger partial charge in [-0.1, -0.05) is 12.1 Å². The Balaban J connectivity index is 2.92. The Morgan fingerprint density at radius 3 is 2.33 bits per heavy atom. The third-order valence-electron chi connectivity index (χ3n) is 2.42. The van der Waals surface area contributed by atoms with Crippen LogP contribution in [0.15, 0.2) is 24.3 Å². The summed E-state index contributed by atoms with van der Waals surface area (Å²) in [6.07, 6.45) is -0.169. The zero-order chi connectivity index (χ0) is 13.7. The van der Waals surface area contributed by atoms with E-state index in [1.807, 2.05) is 0 Å². The molecule has 0 unspecified atom stereocenters. The van der Waals surface area contributed by atoms with Gasteiger partial charge in [0, 0.05) is 14.0 Å². The molecule has 18 heavy (non-hydrogen) atoms. The number of carbonyl (C=O) groups is 3. The predicted octanol–water partition coefficient (Wildman–Crippen LogP) is 1.59. The summed E-state index contributed by atoms with van der Waals surface area (Å²) >= 11 is 0. The van der Waals surface area contributed by atoms with Crippen LogP contribution in [0, 0.1) is 0 Å². The Kier molecular flexibility index (Phi) is 4.59. The summed E-state index contributed by atoms with van der Waals surface area (Å²) < 4.78 is 0. The molecule has 0 aliphatic rings. The number of rotatable bonds is 4. The summed E-state index contributed by atoms with van der Waals surface area (Å²) in [6, 6.07) is 6.94. The average Bonchev–Trinajstić information content (AvgIpc) is 2.27. The van der Waals surface area contributed by atoms with Gasteiger partial charge in [-0.2, -0.15) is 0 Å². The lowest BCUT2D eigenvalue weighted by atomic mass is 10.2. The molecule has 1 aromatic carbocycles. The maximum atomic E-state index is 11.5. The summed E-state index contributed by atoms with van der Waals surface area (Å²) in [6.45, 7) is 2.79. The molecule has 96 valence electrons. The van der Waals surface area contributed by atoms with E-state index in [9.17, 15) is 14.4 Å². The van der Waals surface area contributed by atoms with E-state index >= 15 is 0 Å². The molecule has 0 saturated carbocycles. The van der Waals surface area contributed by atoms with Gasteiger partial charge < -0.3 is 10.2 Å². The lowest BCUT2D eigenvalue weighted by molar-refractivity contribution is -0.124. The van der Waals surface area contributed by atoms with E-state index in [0.717, 1.165) is 0 Å². The van der Waals surface area contributed by atoms with Crippen molar-refractivity contribution in [2.75, 3.05) is 17.3 Å². The minimum absolute atomic E-state index is 0.136. The van der Waals surface area contributed by atoms with Crippen molar-refractivity contribution in [1.82, 2.24) is 0 Å². The fourth-order valence-corrected chi connectivity index (χ4v) is 1.46. The second-order valence-corrected chi connectivity index (χ2v) is 4.02. The van der Waals surface area contributed by atoms with E-state index in [2.05, 4.69) is 5.32 Å². The zero-order valence-corrected chi connectivity index (χ0v) is 10.7. The van der Waals surface area contributed by atoms with Crippen LogP contribution >= 0.6 is 0 Å². The van der Waals surface area contributed by atoms with E-state index in [1.54, 1.807) is 31.3 Å². The Hall–Kier alpha value is -2.17. The number of hydrogen-bond donors (Lipinski definition) is 1. The molecule has 0 fully saturated rings. The molecule has 5 heteroatoms. The van der Waals surface area contributed by atoms with Crippen molar-refractivity contribution in [3.05, 3.63) is 24.3 Å². The monoisotopic (exact) mass is 248 g/mol. The normalized spacial score (nSPS) is 9.72. The predicted molar refractivity (Wildman–Crippen MR) is 69.5 cm³/mol. The van der Waals surface area contributed by atoms with Gasteiger partial charge in [-0.05, 0) is 19.1 Å². The van der Waals surface area contributed by atoms with Crippen LogP contribution in [0.5, 0.6) is 0 Å². The molecule has 5 nitrogen and oxygen atoms in total. The van der Waals surface area contributed by atoms with Gasteiger partial charge in [-0.15, -0.1) is 0 Å². The zero-order valence-electron chi connectivity index (χ0n) is 10.7. The Morgan fingerprint density at radius 2 is 1.78 bits per heavy atom. The highest BCUT2D eigenvalue weighted by Gasteiger charge is 2.13. The number of anilines is 2. The van der Waals surface area contributed by atoms with Crippen molar-refractivity contribution < 1.29 is 14.4 Å². The molecule has 0 aromatic heterocycles. The Labute approximate surface area is 106 Å². The minimum Gasteiger partial charge on any atom is -0.324 e. The highest BCUT2D eigenvalue weighted by atomic mass is 16.2. The lowest BCUT2D eigenvalue weighted by Crippen LogP contribution is -2.25. The van der Waals surface area contributed by atoms with Crippen molar-refractivity contribution in [1.29, 1.82) is 0 Å². The lowest BCUT2D eigenvalue weighted by Gasteiger charge is -2.19. The first kappa shape index (κ1) is 13.9. The van der Waals surface area contributed by atoms with E-state index in [1.165, 1.54) is 18.7 Å². The number of nitrogens with one attached hydrogen (secondary N) is 1. The number of amides is 2. The number of nitrogens with zero attached hydrogens (tertiary/aromatic N) is 1. The van der Waals surface area contributed by atoms with Crippen molar-refractivity contribution >= 4 is 29.0 Å². The maximum absolute atomic E-state index is 11.5. The van der Waals surface area contributed by atoms with Crippen LogP contribution in [-0.4, -0.2) is 24.6 Å². The minimum atomic E-state index is -0.382. The Bertz CT molecular complexity index is 483. The summed E-state index contributed by atoms with van der Waals surface area (Å²) in [5, 5.41) is 2.62. The summed E-state index contributed by atoms with van der Waals surface area (Å²) in [5.74, 6) is -0.722. The number of hydrogen-bond acceptors (Lipinski definition) is 3. The van der Waals surface area contributed by atoms with Crippen LogP contribution in [0.25, 0.3) is 0 Å². The molecule has 0 heterocycles. The number of carbonyl (C=O) groups excluding carboxylic acids is 3. The van der Waals surface area contributed by atoms with E-state index in [0.29, 0.717) is 11.4 Å². The van der Waals surface area contributed by atoms with Gasteiger partial charge in [-0.25, -0.2) is 0 Å². The molecule has 0 radical (unpaired) electrons. The molecule has 0 aliphatic carbocycles. The standard InChI is InChI=1S/C13H16N2O3/c1-9(16)8-13(18)14-11-6-4-5-7-12(11)15(3)10(2)17/h4-7H,8H2,1-3H3,(H,14,18). The van der Waals surface area contributed by atoms with Gasteiger partial charge in [0.1, 0.15) is 5.78 Å². The largest absolute Gasteiger partial charge is 0.324 e. The summed E-state index contributed by atoms with van der Waals surface area (Å²) in [5.41, 5.74) is 1.11. The molecule has 0 bridgehead atoms. The van der Waals surface area contributed by atoms with Gasteiger partial charge in [-0.3, -0.25) is 14.4 Å². The van der Waals surface area contributed by atoms with Crippen LogP contribution in [-0.2, 0) is 14.4 Å². The molecule has 1 aromatic rings. The molecule has 2 amide bonds. The van der Waals surface area contributed by atoms with Gasteiger partial charge >= 0.3 is 0 Å². The van der Waals surface area contributed by atoms with Gasteiger partial charge in [0.05, 0.1) is 17.8 Å². The number of benzene rings is 1. The van der Waals surface area contributed by atoms with Crippen molar-refractivity contribution in [2.24, 2.45) is 0 Å². The quantitative estimate of drug-likeness (QED) is 0.823. The third-order valence-corrected chi connectivity index (χ3v) is 2.42. The number of Topliss-reactive ketones (excluding diaryl/α,β-unsaturated/α-hetero) is 1. The SMILES string of the molecule is CC(=O)CC(=O)Nc1ccccc1N(C)C(C)=O. The molecule has 0 atom stereocenters. The first-order chi connectivity index (χ1) is 8.41. The molecule has 0 aliphatic heterocycles. The van der Waals surface area contributed by atoms with Crippen LogP contribution in [0.4, 0.5) is 11.4 Å². The second-order valence-electron chi connectivity index (χ2n) is 4.02. The maximum Gasteiger partial charge on any atom is 0.231 e. The van der Waals surface area contributed by atoms with Crippen LogP contribution in [0.1, 0.15) is 20.3 Å². The first-order valence-electron chi connectivity index (χ1n) is 5.54.